The van der Waals surface area contributed by atoms with Gasteiger partial charge in [-0.15, -0.1) is 0 Å². The van der Waals surface area contributed by atoms with Crippen molar-refractivity contribution in [3.05, 3.63) is 41.7 Å². The fourth-order valence-corrected chi connectivity index (χ4v) is 2.62. The van der Waals surface area contributed by atoms with Gasteiger partial charge in [-0.2, -0.15) is 0 Å². The Hall–Kier alpha value is -1.84. The van der Waals surface area contributed by atoms with Crippen LogP contribution >= 0.6 is 0 Å². The number of aromatic nitrogens is 3. The number of carbonyl (C=O) groups is 1. The fourth-order valence-electron chi connectivity index (χ4n) is 2.62. The minimum atomic E-state index is 0.291. The van der Waals surface area contributed by atoms with Gasteiger partial charge in [-0.25, -0.2) is 4.98 Å². The lowest BCUT2D eigenvalue weighted by atomic mass is 9.95. The van der Waals surface area contributed by atoms with Crippen molar-refractivity contribution in [3.63, 3.8) is 0 Å². The molecule has 0 radical (unpaired) electrons. The minimum absolute atomic E-state index is 0.291. The highest BCUT2D eigenvalue weighted by atomic mass is 16.1. The molecule has 2 aromatic rings. The van der Waals surface area contributed by atoms with Gasteiger partial charge < -0.3 is 9.13 Å². The second-order valence-electron chi connectivity index (χ2n) is 4.82. The van der Waals surface area contributed by atoms with Crippen LogP contribution in [0.1, 0.15) is 41.4 Å². The number of aryl methyl sites for hydroxylation is 2. The average Bonchev–Trinajstić information content (AvgIpc) is 2.96. The molecule has 0 spiro atoms. The zero-order valence-corrected chi connectivity index (χ0v) is 10.6. The summed E-state index contributed by atoms with van der Waals surface area (Å²) in [6, 6.07) is 0. The topological polar surface area (TPSA) is 39.8 Å². The van der Waals surface area contributed by atoms with Gasteiger partial charge in [-0.05, 0) is 25.3 Å². The first-order chi connectivity index (χ1) is 8.78. The molecule has 0 unspecified atom stereocenters. The van der Waals surface area contributed by atoms with E-state index in [1.807, 2.05) is 18.7 Å². The highest BCUT2D eigenvalue weighted by molar-refractivity contribution is 5.98. The Balaban J connectivity index is 1.88. The Kier molecular flexibility index (Phi) is 2.78. The Labute approximate surface area is 106 Å². The van der Waals surface area contributed by atoms with E-state index in [-0.39, 0.29) is 0 Å². The second-order valence-corrected chi connectivity index (χ2v) is 4.82. The molecule has 0 bridgehead atoms. The standard InChI is InChI=1S/C14H17N3O/c1-2-17-10-15-6-12(17)8-16-7-11-4-3-5-14(18)13(11)9-16/h6-7,9-10H,2-5,8H2,1H3. The molecule has 0 aliphatic heterocycles. The SMILES string of the molecule is CCn1cncc1Cn1cc2c(c1)C(=O)CCC2. The largest absolute Gasteiger partial charge is 0.347 e. The van der Waals surface area contributed by atoms with E-state index >= 15 is 0 Å². The molecule has 0 saturated heterocycles. The Morgan fingerprint density at radius 3 is 3.00 bits per heavy atom. The van der Waals surface area contributed by atoms with E-state index in [4.69, 9.17) is 0 Å². The maximum absolute atomic E-state index is 11.8. The summed E-state index contributed by atoms with van der Waals surface area (Å²) in [4.78, 5) is 16.0. The van der Waals surface area contributed by atoms with Crippen molar-refractivity contribution in [2.75, 3.05) is 0 Å². The molecule has 0 saturated carbocycles. The normalized spacial score (nSPS) is 14.8. The molecule has 0 atom stereocenters. The lowest BCUT2D eigenvalue weighted by molar-refractivity contribution is 0.0973. The number of ketones is 1. The summed E-state index contributed by atoms with van der Waals surface area (Å²) in [5.41, 5.74) is 3.30. The van der Waals surface area contributed by atoms with E-state index in [9.17, 15) is 4.79 Å². The van der Waals surface area contributed by atoms with Crippen LogP contribution in [0.25, 0.3) is 0 Å². The molecule has 1 aliphatic rings. The second kappa shape index (κ2) is 4.44. The molecule has 2 heterocycles. The van der Waals surface area contributed by atoms with Gasteiger partial charge in [0.05, 0.1) is 18.6 Å². The van der Waals surface area contributed by atoms with Crippen LogP contribution in [0.15, 0.2) is 24.9 Å². The lowest BCUT2D eigenvalue weighted by Crippen LogP contribution is -2.07. The van der Waals surface area contributed by atoms with Gasteiger partial charge in [-0.1, -0.05) is 0 Å². The number of carbonyl (C=O) groups excluding carboxylic acids is 1. The first kappa shape index (κ1) is 11.3. The van der Waals surface area contributed by atoms with Crippen molar-refractivity contribution < 1.29 is 4.79 Å². The van der Waals surface area contributed by atoms with Gasteiger partial charge in [0.1, 0.15) is 0 Å². The molecule has 0 fully saturated rings. The summed E-state index contributed by atoms with van der Waals surface area (Å²) in [6.45, 7) is 3.82. The van der Waals surface area contributed by atoms with E-state index in [0.29, 0.717) is 12.2 Å². The van der Waals surface area contributed by atoms with Crippen LogP contribution < -0.4 is 0 Å². The number of imidazole rings is 1. The predicted octanol–water partition coefficient (Wildman–Crippen LogP) is 2.27. The van der Waals surface area contributed by atoms with E-state index < -0.39 is 0 Å². The van der Waals surface area contributed by atoms with Crippen LogP contribution in [0.5, 0.6) is 0 Å². The van der Waals surface area contributed by atoms with Crippen LogP contribution in [-0.2, 0) is 19.5 Å². The molecule has 3 rings (SSSR count). The monoisotopic (exact) mass is 243 g/mol. The molecular formula is C14H17N3O. The zero-order valence-electron chi connectivity index (χ0n) is 10.6. The average molecular weight is 243 g/mol. The molecule has 18 heavy (non-hydrogen) atoms. The molecule has 0 aromatic carbocycles. The van der Waals surface area contributed by atoms with E-state index in [1.54, 1.807) is 0 Å². The number of hydrogen-bond acceptors (Lipinski definition) is 2. The van der Waals surface area contributed by atoms with Gasteiger partial charge in [-0.3, -0.25) is 4.79 Å². The molecule has 4 nitrogen and oxygen atoms in total. The molecule has 1 aliphatic carbocycles. The Bertz CT molecular complexity index is 580. The summed E-state index contributed by atoms with van der Waals surface area (Å²) >= 11 is 0. The number of rotatable bonds is 3. The molecular weight excluding hydrogens is 226 g/mol. The van der Waals surface area contributed by atoms with Gasteiger partial charge in [0.15, 0.2) is 5.78 Å². The summed E-state index contributed by atoms with van der Waals surface area (Å²) in [5.74, 6) is 0.291. The van der Waals surface area contributed by atoms with Gasteiger partial charge in [0.2, 0.25) is 0 Å². The molecule has 4 heteroatoms. The first-order valence-electron chi connectivity index (χ1n) is 6.48. The van der Waals surface area contributed by atoms with Gasteiger partial charge >= 0.3 is 0 Å². The van der Waals surface area contributed by atoms with Crippen LogP contribution in [0.3, 0.4) is 0 Å². The Morgan fingerprint density at radius 2 is 2.22 bits per heavy atom. The molecule has 0 N–H and O–H groups in total. The van der Waals surface area contributed by atoms with Crippen molar-refractivity contribution in [2.45, 2.75) is 39.3 Å². The predicted molar refractivity (Wildman–Crippen MR) is 68.7 cm³/mol. The van der Waals surface area contributed by atoms with Crippen molar-refractivity contribution in [2.24, 2.45) is 0 Å². The van der Waals surface area contributed by atoms with Gasteiger partial charge in [0.25, 0.3) is 0 Å². The molecule has 94 valence electrons. The summed E-state index contributed by atoms with van der Waals surface area (Å²) < 4.78 is 4.23. The lowest BCUT2D eigenvalue weighted by Gasteiger charge is -2.07. The summed E-state index contributed by atoms with van der Waals surface area (Å²) in [5, 5.41) is 0. The third-order valence-electron chi connectivity index (χ3n) is 3.60. The zero-order chi connectivity index (χ0) is 12.5. The molecule has 2 aromatic heterocycles. The highest BCUT2D eigenvalue weighted by Crippen LogP contribution is 2.22. The quantitative estimate of drug-likeness (QED) is 0.829. The van der Waals surface area contributed by atoms with Crippen LogP contribution in [0, 0.1) is 0 Å². The Morgan fingerprint density at radius 1 is 1.33 bits per heavy atom. The van der Waals surface area contributed by atoms with Crippen molar-refractivity contribution >= 4 is 5.78 Å². The van der Waals surface area contributed by atoms with Crippen LogP contribution in [-0.4, -0.2) is 19.9 Å². The number of Topliss-reactive ketones (excluding diaryl/α,β-unsaturated/α-hetero) is 1. The van der Waals surface area contributed by atoms with E-state index in [2.05, 4.69) is 27.2 Å². The van der Waals surface area contributed by atoms with Crippen molar-refractivity contribution in [1.82, 2.24) is 14.1 Å². The first-order valence-corrected chi connectivity index (χ1v) is 6.48. The third kappa shape index (κ3) is 1.88. The van der Waals surface area contributed by atoms with Crippen LogP contribution in [0.4, 0.5) is 0 Å². The van der Waals surface area contributed by atoms with Crippen molar-refractivity contribution in [3.8, 4) is 0 Å². The highest BCUT2D eigenvalue weighted by Gasteiger charge is 2.19. The van der Waals surface area contributed by atoms with Gasteiger partial charge in [0, 0.05) is 37.1 Å². The van der Waals surface area contributed by atoms with Crippen LogP contribution in [0.2, 0.25) is 0 Å². The number of fused-ring (bicyclic) bond motifs is 1. The maximum Gasteiger partial charge on any atom is 0.164 e. The smallest absolute Gasteiger partial charge is 0.164 e. The fraction of sp³-hybridized carbons (Fsp3) is 0.429. The minimum Gasteiger partial charge on any atom is -0.347 e. The maximum atomic E-state index is 11.8. The summed E-state index contributed by atoms with van der Waals surface area (Å²) in [6.07, 6.45) is 10.6. The number of hydrogen-bond donors (Lipinski definition) is 0. The van der Waals surface area contributed by atoms with E-state index in [0.717, 1.165) is 31.5 Å². The number of nitrogens with zero attached hydrogens (tertiary/aromatic N) is 3. The molecule has 0 amide bonds. The van der Waals surface area contributed by atoms with Crippen molar-refractivity contribution in [1.29, 1.82) is 0 Å². The van der Waals surface area contributed by atoms with E-state index in [1.165, 1.54) is 11.3 Å². The third-order valence-corrected chi connectivity index (χ3v) is 3.60. The summed E-state index contributed by atoms with van der Waals surface area (Å²) in [7, 11) is 0.